The van der Waals surface area contributed by atoms with Crippen LogP contribution in [0.5, 0.6) is 5.06 Å². The lowest BCUT2D eigenvalue weighted by Gasteiger charge is -2.19. The van der Waals surface area contributed by atoms with Crippen LogP contribution in [0.1, 0.15) is 17.7 Å². The number of aliphatic carboxylic acids is 1. The van der Waals surface area contributed by atoms with Crippen LogP contribution in [0.2, 0.25) is 0 Å². The van der Waals surface area contributed by atoms with Crippen molar-refractivity contribution in [2.45, 2.75) is 25.4 Å². The average molecular weight is 320 g/mol. The summed E-state index contributed by atoms with van der Waals surface area (Å²) in [5, 5.41) is 9.93. The summed E-state index contributed by atoms with van der Waals surface area (Å²) in [5.74, 6) is -0.718. The summed E-state index contributed by atoms with van der Waals surface area (Å²) in [6, 6.07) is 1.67. The van der Waals surface area contributed by atoms with E-state index in [1.807, 2.05) is 11.0 Å². The molecule has 0 saturated carbocycles. The van der Waals surface area contributed by atoms with Crippen LogP contribution in [0.15, 0.2) is 10.5 Å². The molecule has 0 bridgehead atoms. The minimum atomic E-state index is -0.718. The summed E-state index contributed by atoms with van der Waals surface area (Å²) in [6.45, 7) is 1.54. The number of carboxylic acids is 1. The van der Waals surface area contributed by atoms with Crippen LogP contribution < -0.4 is 4.74 Å². The maximum Gasteiger partial charge on any atom is 0.320 e. The molecule has 1 N–H and O–H groups in total. The number of likely N-dealkylation sites (tertiary alicyclic amines) is 1. The predicted octanol–water partition coefficient (Wildman–Crippen LogP) is 2.57. The first-order chi connectivity index (χ1) is 8.11. The van der Waals surface area contributed by atoms with Gasteiger partial charge in [0.2, 0.25) is 0 Å². The lowest BCUT2D eigenvalue weighted by atomic mass is 10.2. The Morgan fingerprint density at radius 3 is 3.12 bits per heavy atom. The van der Waals surface area contributed by atoms with Crippen molar-refractivity contribution in [3.8, 4) is 5.06 Å². The van der Waals surface area contributed by atoms with E-state index >= 15 is 0 Å². The van der Waals surface area contributed by atoms with Crippen LogP contribution >= 0.6 is 27.3 Å². The second-order valence-electron chi connectivity index (χ2n) is 4.02. The van der Waals surface area contributed by atoms with Crippen LogP contribution in [0.25, 0.3) is 0 Å². The van der Waals surface area contributed by atoms with Gasteiger partial charge in [-0.05, 0) is 41.4 Å². The van der Waals surface area contributed by atoms with E-state index in [1.54, 1.807) is 18.4 Å². The van der Waals surface area contributed by atoms with Gasteiger partial charge in [0.15, 0.2) is 5.06 Å². The largest absolute Gasteiger partial charge is 0.486 e. The number of nitrogens with zero attached hydrogens (tertiary/aromatic N) is 1. The van der Waals surface area contributed by atoms with Gasteiger partial charge < -0.3 is 9.84 Å². The summed E-state index contributed by atoms with van der Waals surface area (Å²) < 4.78 is 6.14. The van der Waals surface area contributed by atoms with Gasteiger partial charge in [-0.15, -0.1) is 11.3 Å². The van der Waals surface area contributed by atoms with Gasteiger partial charge in [0.25, 0.3) is 0 Å². The van der Waals surface area contributed by atoms with Crippen molar-refractivity contribution >= 4 is 33.2 Å². The van der Waals surface area contributed by atoms with Gasteiger partial charge in [-0.3, -0.25) is 9.69 Å². The van der Waals surface area contributed by atoms with Gasteiger partial charge in [-0.2, -0.15) is 0 Å². The predicted molar refractivity (Wildman–Crippen MR) is 69.6 cm³/mol. The molecule has 0 aromatic carbocycles. The van der Waals surface area contributed by atoms with Crippen LogP contribution in [0, 0.1) is 0 Å². The third kappa shape index (κ3) is 2.81. The molecular weight excluding hydrogens is 306 g/mol. The zero-order valence-corrected chi connectivity index (χ0v) is 11.9. The summed E-state index contributed by atoms with van der Waals surface area (Å²) in [4.78, 5) is 14.2. The number of ether oxygens (including phenoxy) is 1. The minimum absolute atomic E-state index is 0.332. The quantitative estimate of drug-likeness (QED) is 0.926. The molecule has 1 saturated heterocycles. The second kappa shape index (κ2) is 5.37. The standard InChI is InChI=1S/C11H14BrNO3S/c1-16-11-8(12)5-7(17-11)6-13-4-2-3-9(13)10(14)15/h5,9H,2-4,6H2,1H3,(H,14,15)/t9-/m0/s1. The fourth-order valence-electron chi connectivity index (χ4n) is 2.11. The van der Waals surface area contributed by atoms with Crippen molar-refractivity contribution in [3.63, 3.8) is 0 Å². The third-order valence-corrected chi connectivity index (χ3v) is 4.83. The number of hydrogen-bond acceptors (Lipinski definition) is 4. The average Bonchev–Trinajstić information content (AvgIpc) is 2.85. The van der Waals surface area contributed by atoms with Crippen LogP contribution in [0.3, 0.4) is 0 Å². The van der Waals surface area contributed by atoms with Crippen molar-refractivity contribution in [3.05, 3.63) is 15.4 Å². The number of carbonyl (C=O) groups is 1. The molecule has 1 aromatic heterocycles. The summed E-state index contributed by atoms with van der Waals surface area (Å²) in [7, 11) is 1.64. The molecule has 2 rings (SSSR count). The van der Waals surface area contributed by atoms with Gasteiger partial charge >= 0.3 is 5.97 Å². The normalized spacial score (nSPS) is 20.7. The summed E-state index contributed by atoms with van der Waals surface area (Å²) in [6.07, 6.45) is 1.71. The summed E-state index contributed by atoms with van der Waals surface area (Å²) >= 11 is 4.98. The van der Waals surface area contributed by atoms with Crippen molar-refractivity contribution < 1.29 is 14.6 Å². The zero-order chi connectivity index (χ0) is 12.4. The number of methoxy groups -OCH3 is 1. The molecule has 1 fully saturated rings. The molecule has 0 aliphatic carbocycles. The van der Waals surface area contributed by atoms with E-state index in [0.29, 0.717) is 6.54 Å². The van der Waals surface area contributed by atoms with E-state index in [2.05, 4.69) is 15.9 Å². The van der Waals surface area contributed by atoms with Gasteiger partial charge in [0, 0.05) is 11.4 Å². The topological polar surface area (TPSA) is 49.8 Å². The molecule has 2 heterocycles. The molecule has 4 nitrogen and oxygen atoms in total. The van der Waals surface area contributed by atoms with E-state index in [9.17, 15) is 4.79 Å². The van der Waals surface area contributed by atoms with Crippen molar-refractivity contribution in [2.75, 3.05) is 13.7 Å². The fourth-order valence-corrected chi connectivity index (χ4v) is 3.83. The Hall–Kier alpha value is -0.590. The lowest BCUT2D eigenvalue weighted by Crippen LogP contribution is -2.35. The Morgan fingerprint density at radius 1 is 1.76 bits per heavy atom. The molecule has 0 unspecified atom stereocenters. The maximum atomic E-state index is 11.1. The second-order valence-corrected chi connectivity index (χ2v) is 5.97. The van der Waals surface area contributed by atoms with E-state index in [4.69, 9.17) is 9.84 Å². The minimum Gasteiger partial charge on any atom is -0.486 e. The highest BCUT2D eigenvalue weighted by atomic mass is 79.9. The molecule has 1 aliphatic heterocycles. The highest BCUT2D eigenvalue weighted by Crippen LogP contribution is 2.36. The maximum absolute atomic E-state index is 11.1. The third-order valence-electron chi connectivity index (χ3n) is 2.90. The molecule has 1 atom stereocenters. The first-order valence-corrected chi connectivity index (χ1v) is 7.02. The Kier molecular flexibility index (Phi) is 4.06. The molecule has 0 amide bonds. The number of rotatable bonds is 4. The Labute approximate surface area is 112 Å². The zero-order valence-electron chi connectivity index (χ0n) is 9.48. The molecule has 1 aliphatic rings. The summed E-state index contributed by atoms with van der Waals surface area (Å²) in [5.41, 5.74) is 0. The molecule has 94 valence electrons. The van der Waals surface area contributed by atoms with E-state index in [-0.39, 0.29) is 6.04 Å². The number of carboxylic acid groups (broad SMARTS) is 1. The first-order valence-electron chi connectivity index (χ1n) is 5.41. The van der Waals surface area contributed by atoms with Crippen molar-refractivity contribution in [1.29, 1.82) is 0 Å². The SMILES string of the molecule is COc1sc(CN2CCC[C@H]2C(=O)O)cc1Br. The molecule has 1 aromatic rings. The smallest absolute Gasteiger partial charge is 0.320 e. The monoisotopic (exact) mass is 319 g/mol. The fraction of sp³-hybridized carbons (Fsp3) is 0.545. The first kappa shape index (κ1) is 12.9. The van der Waals surface area contributed by atoms with Crippen molar-refractivity contribution in [2.24, 2.45) is 0 Å². The van der Waals surface area contributed by atoms with Crippen LogP contribution in [0.4, 0.5) is 0 Å². The number of thiophene rings is 1. The Balaban J connectivity index is 2.07. The molecule has 17 heavy (non-hydrogen) atoms. The highest BCUT2D eigenvalue weighted by molar-refractivity contribution is 9.10. The van der Waals surface area contributed by atoms with E-state index < -0.39 is 5.97 Å². The van der Waals surface area contributed by atoms with Crippen LogP contribution in [-0.4, -0.2) is 35.7 Å². The molecule has 6 heteroatoms. The van der Waals surface area contributed by atoms with Gasteiger partial charge in [-0.25, -0.2) is 0 Å². The molecule has 0 radical (unpaired) electrons. The van der Waals surface area contributed by atoms with E-state index in [0.717, 1.165) is 33.8 Å². The molecule has 0 spiro atoms. The Bertz CT molecular complexity index is 421. The molecular formula is C11H14BrNO3S. The highest BCUT2D eigenvalue weighted by Gasteiger charge is 2.30. The van der Waals surface area contributed by atoms with Gasteiger partial charge in [0.1, 0.15) is 6.04 Å². The number of halogens is 1. The lowest BCUT2D eigenvalue weighted by molar-refractivity contribution is -0.142. The van der Waals surface area contributed by atoms with Crippen LogP contribution in [-0.2, 0) is 11.3 Å². The number of hydrogen-bond donors (Lipinski definition) is 1. The van der Waals surface area contributed by atoms with Gasteiger partial charge in [0.05, 0.1) is 11.6 Å². The Morgan fingerprint density at radius 2 is 2.53 bits per heavy atom. The van der Waals surface area contributed by atoms with E-state index in [1.165, 1.54) is 0 Å². The van der Waals surface area contributed by atoms with Gasteiger partial charge in [-0.1, -0.05) is 0 Å². The van der Waals surface area contributed by atoms with Crippen molar-refractivity contribution in [1.82, 2.24) is 4.90 Å².